The third-order valence-corrected chi connectivity index (χ3v) is 3.94. The van der Waals surface area contributed by atoms with Gasteiger partial charge in [-0.2, -0.15) is 0 Å². The monoisotopic (exact) mass is 238 g/mol. The molecule has 1 aliphatic heterocycles. The van der Waals surface area contributed by atoms with Crippen LogP contribution in [0.2, 0.25) is 0 Å². The Morgan fingerprint density at radius 1 is 1.47 bits per heavy atom. The maximum atomic E-state index is 9.82. The van der Waals surface area contributed by atoms with E-state index in [1.807, 2.05) is 0 Å². The first-order chi connectivity index (χ1) is 8.05. The van der Waals surface area contributed by atoms with Gasteiger partial charge in [-0.15, -0.1) is 0 Å². The van der Waals surface area contributed by atoms with Crippen LogP contribution in [0.3, 0.4) is 0 Å². The molecule has 0 amide bonds. The number of rotatable bonds is 4. The first kappa shape index (κ1) is 13.1. The molecule has 0 aromatic carbocycles. The molecule has 1 saturated heterocycles. The number of ether oxygens (including phenoxy) is 1. The highest BCUT2D eigenvalue weighted by molar-refractivity contribution is 5.12. The second-order valence-corrected chi connectivity index (χ2v) is 6.46. The van der Waals surface area contributed by atoms with Crippen molar-refractivity contribution >= 4 is 0 Å². The maximum absolute atomic E-state index is 9.82. The van der Waals surface area contributed by atoms with Crippen LogP contribution in [0.5, 0.6) is 0 Å². The van der Waals surface area contributed by atoms with Crippen LogP contribution in [0.15, 0.2) is 11.6 Å². The van der Waals surface area contributed by atoms with E-state index in [1.54, 1.807) is 0 Å². The van der Waals surface area contributed by atoms with Crippen molar-refractivity contribution in [2.75, 3.05) is 6.61 Å². The van der Waals surface area contributed by atoms with Crippen molar-refractivity contribution in [2.24, 2.45) is 5.41 Å². The van der Waals surface area contributed by atoms with E-state index in [-0.39, 0.29) is 11.5 Å². The Hall–Kier alpha value is -0.340. The van der Waals surface area contributed by atoms with Gasteiger partial charge in [-0.3, -0.25) is 0 Å². The van der Waals surface area contributed by atoms with Crippen LogP contribution >= 0.6 is 0 Å². The average molecular weight is 238 g/mol. The summed E-state index contributed by atoms with van der Waals surface area (Å²) in [6, 6.07) is 0. The Bertz CT molecular complexity index is 275. The molecule has 0 aromatic heterocycles. The summed E-state index contributed by atoms with van der Waals surface area (Å²) in [6.07, 6.45) is 10.4. The molecule has 2 rings (SSSR count). The number of allylic oxidation sites excluding steroid dienone is 1. The summed E-state index contributed by atoms with van der Waals surface area (Å²) in [5, 5.41) is 9.82. The molecule has 2 heteroatoms. The smallest absolute Gasteiger partial charge is 0.0728 e. The van der Waals surface area contributed by atoms with Crippen molar-refractivity contribution in [3.05, 3.63) is 11.6 Å². The Morgan fingerprint density at radius 2 is 2.29 bits per heavy atom. The van der Waals surface area contributed by atoms with Gasteiger partial charge in [0.25, 0.3) is 0 Å². The standard InChI is InChI=1S/C15H26O2/c1-15(2)10-12(9-13(16)11-15)5-3-6-14-7-4-8-17-14/h9,13-14,16H,3-8,10-11H2,1-2H3. The maximum Gasteiger partial charge on any atom is 0.0728 e. The van der Waals surface area contributed by atoms with E-state index < -0.39 is 0 Å². The van der Waals surface area contributed by atoms with Crippen LogP contribution in [0, 0.1) is 5.41 Å². The molecule has 0 radical (unpaired) electrons. The van der Waals surface area contributed by atoms with E-state index in [0.29, 0.717) is 6.10 Å². The molecule has 1 heterocycles. The number of aliphatic hydroxyl groups is 1. The largest absolute Gasteiger partial charge is 0.389 e. The van der Waals surface area contributed by atoms with Crippen LogP contribution < -0.4 is 0 Å². The van der Waals surface area contributed by atoms with Crippen molar-refractivity contribution in [3.8, 4) is 0 Å². The van der Waals surface area contributed by atoms with Crippen molar-refractivity contribution in [2.45, 2.75) is 71.0 Å². The van der Waals surface area contributed by atoms with Gasteiger partial charge in [0.1, 0.15) is 0 Å². The molecule has 0 saturated carbocycles. The zero-order valence-electron chi connectivity index (χ0n) is 11.2. The van der Waals surface area contributed by atoms with E-state index in [4.69, 9.17) is 4.74 Å². The summed E-state index contributed by atoms with van der Waals surface area (Å²) in [5.41, 5.74) is 1.72. The van der Waals surface area contributed by atoms with Crippen molar-refractivity contribution in [1.82, 2.24) is 0 Å². The van der Waals surface area contributed by atoms with Crippen LogP contribution in [0.1, 0.15) is 58.8 Å². The highest BCUT2D eigenvalue weighted by Gasteiger charge is 2.27. The van der Waals surface area contributed by atoms with Crippen molar-refractivity contribution in [3.63, 3.8) is 0 Å². The molecule has 2 unspecified atom stereocenters. The van der Waals surface area contributed by atoms with Gasteiger partial charge in [-0.1, -0.05) is 25.5 Å². The van der Waals surface area contributed by atoms with Gasteiger partial charge in [0.15, 0.2) is 0 Å². The fourth-order valence-corrected chi connectivity index (χ4v) is 3.24. The van der Waals surface area contributed by atoms with E-state index >= 15 is 0 Å². The molecule has 0 spiro atoms. The van der Waals surface area contributed by atoms with Gasteiger partial charge >= 0.3 is 0 Å². The molecule has 2 aliphatic rings. The molecule has 1 aliphatic carbocycles. The zero-order valence-corrected chi connectivity index (χ0v) is 11.2. The summed E-state index contributed by atoms with van der Waals surface area (Å²) in [5.74, 6) is 0. The van der Waals surface area contributed by atoms with Crippen LogP contribution in [0.25, 0.3) is 0 Å². The van der Waals surface area contributed by atoms with Crippen molar-refractivity contribution < 1.29 is 9.84 Å². The fourth-order valence-electron chi connectivity index (χ4n) is 3.24. The highest BCUT2D eigenvalue weighted by atomic mass is 16.5. The lowest BCUT2D eigenvalue weighted by Crippen LogP contribution is -2.25. The molecule has 1 N–H and O–H groups in total. The lowest BCUT2D eigenvalue weighted by atomic mass is 9.75. The minimum absolute atomic E-state index is 0.225. The predicted molar refractivity (Wildman–Crippen MR) is 69.9 cm³/mol. The number of hydrogen-bond acceptors (Lipinski definition) is 2. The third-order valence-electron chi connectivity index (χ3n) is 3.94. The molecule has 17 heavy (non-hydrogen) atoms. The summed E-state index contributed by atoms with van der Waals surface area (Å²) < 4.78 is 5.64. The van der Waals surface area contributed by atoms with Crippen molar-refractivity contribution in [1.29, 1.82) is 0 Å². The van der Waals surface area contributed by atoms with Crippen LogP contribution in [0.4, 0.5) is 0 Å². The Balaban J connectivity index is 1.74. The molecule has 0 bridgehead atoms. The second kappa shape index (κ2) is 5.53. The number of hydrogen-bond donors (Lipinski definition) is 1. The summed E-state index contributed by atoms with van der Waals surface area (Å²) in [4.78, 5) is 0. The van der Waals surface area contributed by atoms with Crippen LogP contribution in [-0.2, 0) is 4.74 Å². The zero-order chi connectivity index (χ0) is 12.3. The minimum atomic E-state index is -0.225. The second-order valence-electron chi connectivity index (χ2n) is 6.46. The van der Waals surface area contributed by atoms with Gasteiger partial charge < -0.3 is 9.84 Å². The molecule has 2 atom stereocenters. The topological polar surface area (TPSA) is 29.5 Å². The Labute approximate surface area is 105 Å². The predicted octanol–water partition coefficient (Wildman–Crippen LogP) is 3.44. The average Bonchev–Trinajstić information content (AvgIpc) is 2.67. The SMILES string of the molecule is CC1(C)CC(CCCC2CCCO2)=CC(O)C1. The lowest BCUT2D eigenvalue weighted by Gasteiger charge is -2.32. The molecule has 0 aromatic rings. The van der Waals surface area contributed by atoms with Gasteiger partial charge in [-0.05, 0) is 50.4 Å². The quantitative estimate of drug-likeness (QED) is 0.760. The van der Waals surface area contributed by atoms with Crippen LogP contribution in [-0.4, -0.2) is 23.9 Å². The van der Waals surface area contributed by atoms with Gasteiger partial charge in [0, 0.05) is 6.61 Å². The third kappa shape index (κ3) is 4.11. The molecule has 2 nitrogen and oxygen atoms in total. The molecular formula is C15H26O2. The number of aliphatic hydroxyl groups excluding tert-OH is 1. The summed E-state index contributed by atoms with van der Waals surface area (Å²) >= 11 is 0. The Morgan fingerprint density at radius 3 is 2.94 bits per heavy atom. The molecule has 98 valence electrons. The normalized spacial score (nSPS) is 32.5. The van der Waals surface area contributed by atoms with E-state index in [1.165, 1.54) is 31.3 Å². The van der Waals surface area contributed by atoms with E-state index in [9.17, 15) is 5.11 Å². The fraction of sp³-hybridized carbons (Fsp3) is 0.867. The van der Waals surface area contributed by atoms with Gasteiger partial charge in [-0.25, -0.2) is 0 Å². The van der Waals surface area contributed by atoms with E-state index in [0.717, 1.165) is 25.9 Å². The van der Waals surface area contributed by atoms with Gasteiger partial charge in [0.05, 0.1) is 12.2 Å². The Kier molecular flexibility index (Phi) is 4.26. The first-order valence-electron chi connectivity index (χ1n) is 7.04. The summed E-state index contributed by atoms with van der Waals surface area (Å²) in [7, 11) is 0. The van der Waals surface area contributed by atoms with Gasteiger partial charge in [0.2, 0.25) is 0 Å². The molecular weight excluding hydrogens is 212 g/mol. The van der Waals surface area contributed by atoms with E-state index in [2.05, 4.69) is 19.9 Å². The molecule has 1 fully saturated rings. The minimum Gasteiger partial charge on any atom is -0.389 e. The first-order valence-corrected chi connectivity index (χ1v) is 7.04. The summed E-state index contributed by atoms with van der Waals surface area (Å²) in [6.45, 7) is 5.46. The highest BCUT2D eigenvalue weighted by Crippen LogP contribution is 2.37. The lowest BCUT2D eigenvalue weighted by molar-refractivity contribution is 0.102.